The predicted molar refractivity (Wildman–Crippen MR) is 75.2 cm³/mol. The van der Waals surface area contributed by atoms with Gasteiger partial charge in [0.1, 0.15) is 11.9 Å². The topological polar surface area (TPSA) is 73.9 Å². The minimum Gasteiger partial charge on any atom is -0.373 e. The fourth-order valence-corrected chi connectivity index (χ4v) is 2.46. The smallest absolute Gasteiger partial charge is 0.245 e. The van der Waals surface area contributed by atoms with Crippen molar-refractivity contribution in [1.82, 2.24) is 20.1 Å². The van der Waals surface area contributed by atoms with E-state index in [1.807, 2.05) is 31.2 Å². The third-order valence-corrected chi connectivity index (χ3v) is 3.47. The van der Waals surface area contributed by atoms with Crippen LogP contribution in [0, 0.1) is 6.92 Å². The Bertz CT molecular complexity index is 611. The molecule has 0 fully saturated rings. The van der Waals surface area contributed by atoms with Crippen molar-refractivity contribution in [2.75, 3.05) is 12.4 Å². The minimum atomic E-state index is -0.197. The first-order chi connectivity index (χ1) is 9.63. The number of carbonyl (C=O) groups excluding carboxylic acids is 1. The molecule has 2 aromatic rings. The van der Waals surface area contributed by atoms with Crippen LogP contribution in [-0.4, -0.2) is 39.1 Å². The number of hydrogen-bond donors (Lipinski definition) is 2. The number of benzene rings is 1. The molecule has 1 atom stereocenters. The van der Waals surface area contributed by atoms with E-state index in [0.717, 1.165) is 17.9 Å². The number of hydrogen-bond acceptors (Lipinski definition) is 4. The molecule has 0 radical (unpaired) electrons. The SMILES string of the molecule is Cc1nc(CN(C)C(=O)[C@@H]2Cc3ccccc3N2)n[nH]1. The maximum atomic E-state index is 12.4. The monoisotopic (exact) mass is 271 g/mol. The molecule has 2 heterocycles. The molecule has 6 heteroatoms. The van der Waals surface area contributed by atoms with Crippen LogP contribution in [-0.2, 0) is 17.8 Å². The van der Waals surface area contributed by atoms with Gasteiger partial charge in [0, 0.05) is 19.2 Å². The number of H-pyrrole nitrogens is 1. The molecule has 0 saturated carbocycles. The van der Waals surface area contributed by atoms with Crippen molar-refractivity contribution in [3.8, 4) is 0 Å². The molecule has 2 N–H and O–H groups in total. The van der Waals surface area contributed by atoms with Gasteiger partial charge in [0.15, 0.2) is 5.82 Å². The van der Waals surface area contributed by atoms with Gasteiger partial charge in [0.25, 0.3) is 0 Å². The summed E-state index contributed by atoms with van der Waals surface area (Å²) in [5.74, 6) is 1.45. The van der Waals surface area contributed by atoms with Gasteiger partial charge in [-0.15, -0.1) is 0 Å². The standard InChI is InChI=1S/C14H17N5O/c1-9-15-13(18-17-9)8-19(2)14(20)12-7-10-5-3-4-6-11(10)16-12/h3-6,12,16H,7-8H2,1-2H3,(H,15,17,18)/t12-/m0/s1. The third-order valence-electron chi connectivity index (χ3n) is 3.47. The van der Waals surface area contributed by atoms with Gasteiger partial charge in [-0.1, -0.05) is 18.2 Å². The number of carbonyl (C=O) groups is 1. The molecule has 0 unspecified atom stereocenters. The summed E-state index contributed by atoms with van der Waals surface area (Å²) in [6, 6.07) is 7.82. The van der Waals surface area contributed by atoms with E-state index >= 15 is 0 Å². The number of aryl methyl sites for hydroxylation is 1. The van der Waals surface area contributed by atoms with E-state index in [9.17, 15) is 4.79 Å². The second-order valence-electron chi connectivity index (χ2n) is 5.09. The summed E-state index contributed by atoms with van der Waals surface area (Å²) in [7, 11) is 1.78. The highest BCUT2D eigenvalue weighted by molar-refractivity contribution is 5.87. The molecule has 1 aliphatic rings. The third kappa shape index (κ3) is 2.36. The highest BCUT2D eigenvalue weighted by Gasteiger charge is 2.28. The second-order valence-corrected chi connectivity index (χ2v) is 5.09. The van der Waals surface area contributed by atoms with E-state index < -0.39 is 0 Å². The second kappa shape index (κ2) is 4.96. The Balaban J connectivity index is 1.65. The minimum absolute atomic E-state index is 0.0589. The summed E-state index contributed by atoms with van der Waals surface area (Å²) in [6.07, 6.45) is 0.729. The maximum absolute atomic E-state index is 12.4. The zero-order valence-electron chi connectivity index (χ0n) is 11.6. The molecule has 0 aliphatic carbocycles. The number of para-hydroxylation sites is 1. The average molecular weight is 271 g/mol. The van der Waals surface area contributed by atoms with Gasteiger partial charge >= 0.3 is 0 Å². The lowest BCUT2D eigenvalue weighted by atomic mass is 10.1. The molecule has 3 rings (SSSR count). The van der Waals surface area contributed by atoms with E-state index in [4.69, 9.17) is 0 Å². The van der Waals surface area contributed by atoms with Gasteiger partial charge < -0.3 is 10.2 Å². The molecule has 104 valence electrons. The Morgan fingerprint density at radius 1 is 1.45 bits per heavy atom. The predicted octanol–water partition coefficient (Wildman–Crippen LogP) is 1.11. The Hall–Kier alpha value is -2.37. The van der Waals surface area contributed by atoms with Crippen LogP contribution in [0.4, 0.5) is 5.69 Å². The maximum Gasteiger partial charge on any atom is 0.245 e. The molecule has 0 bridgehead atoms. The molecule has 0 saturated heterocycles. The Morgan fingerprint density at radius 3 is 2.95 bits per heavy atom. The number of aromatic amines is 1. The van der Waals surface area contributed by atoms with Crippen LogP contribution in [0.3, 0.4) is 0 Å². The molecular weight excluding hydrogens is 254 g/mol. The summed E-state index contributed by atoms with van der Waals surface area (Å²) >= 11 is 0. The summed E-state index contributed by atoms with van der Waals surface area (Å²) < 4.78 is 0. The van der Waals surface area contributed by atoms with Gasteiger partial charge in [-0.3, -0.25) is 9.89 Å². The fraction of sp³-hybridized carbons (Fsp3) is 0.357. The lowest BCUT2D eigenvalue weighted by molar-refractivity contribution is -0.131. The number of likely N-dealkylation sites (N-methyl/N-ethyl adjacent to an activating group) is 1. The number of fused-ring (bicyclic) bond motifs is 1. The number of nitrogens with zero attached hydrogens (tertiary/aromatic N) is 3. The fourth-order valence-electron chi connectivity index (χ4n) is 2.46. The highest BCUT2D eigenvalue weighted by Crippen LogP contribution is 2.25. The van der Waals surface area contributed by atoms with Gasteiger partial charge in [0.05, 0.1) is 6.54 Å². The first-order valence-corrected chi connectivity index (χ1v) is 6.61. The molecule has 1 amide bonds. The van der Waals surface area contributed by atoms with Gasteiger partial charge in [-0.2, -0.15) is 5.10 Å². The normalized spacial score (nSPS) is 16.6. The van der Waals surface area contributed by atoms with Gasteiger partial charge in [-0.25, -0.2) is 4.98 Å². The summed E-state index contributed by atoms with van der Waals surface area (Å²) in [5, 5.41) is 10.1. The zero-order valence-corrected chi connectivity index (χ0v) is 11.6. The molecule has 6 nitrogen and oxygen atoms in total. The highest BCUT2D eigenvalue weighted by atomic mass is 16.2. The number of aromatic nitrogens is 3. The number of nitrogens with one attached hydrogen (secondary N) is 2. The van der Waals surface area contributed by atoms with Crippen molar-refractivity contribution in [1.29, 1.82) is 0 Å². The van der Waals surface area contributed by atoms with E-state index in [2.05, 4.69) is 20.5 Å². The van der Waals surface area contributed by atoms with E-state index in [0.29, 0.717) is 12.4 Å². The number of rotatable bonds is 3. The van der Waals surface area contributed by atoms with Crippen molar-refractivity contribution in [2.24, 2.45) is 0 Å². The summed E-state index contributed by atoms with van der Waals surface area (Å²) in [4.78, 5) is 18.3. The lowest BCUT2D eigenvalue weighted by Crippen LogP contribution is -2.39. The molecule has 20 heavy (non-hydrogen) atoms. The summed E-state index contributed by atoms with van der Waals surface area (Å²) in [6.45, 7) is 2.26. The Kier molecular flexibility index (Phi) is 3.14. The van der Waals surface area contributed by atoms with Crippen LogP contribution >= 0.6 is 0 Å². The van der Waals surface area contributed by atoms with Crippen molar-refractivity contribution in [3.63, 3.8) is 0 Å². The van der Waals surface area contributed by atoms with Gasteiger partial charge in [-0.05, 0) is 18.6 Å². The van der Waals surface area contributed by atoms with Crippen molar-refractivity contribution >= 4 is 11.6 Å². The Morgan fingerprint density at radius 2 is 2.25 bits per heavy atom. The Labute approximate surface area is 117 Å². The first kappa shape index (κ1) is 12.7. The average Bonchev–Trinajstić information content (AvgIpc) is 3.03. The number of anilines is 1. The molecular formula is C14H17N5O. The zero-order chi connectivity index (χ0) is 14.1. The molecule has 1 aromatic heterocycles. The molecule has 1 aromatic carbocycles. The van der Waals surface area contributed by atoms with Crippen LogP contribution in [0.1, 0.15) is 17.2 Å². The van der Waals surface area contributed by atoms with Crippen molar-refractivity contribution < 1.29 is 4.79 Å². The molecule has 1 aliphatic heterocycles. The quantitative estimate of drug-likeness (QED) is 0.877. The van der Waals surface area contributed by atoms with E-state index in [1.165, 1.54) is 5.56 Å². The van der Waals surface area contributed by atoms with Crippen molar-refractivity contribution in [2.45, 2.75) is 25.9 Å². The van der Waals surface area contributed by atoms with E-state index in [1.54, 1.807) is 11.9 Å². The van der Waals surface area contributed by atoms with Crippen LogP contribution in [0.5, 0.6) is 0 Å². The molecule has 0 spiro atoms. The lowest BCUT2D eigenvalue weighted by Gasteiger charge is -2.20. The van der Waals surface area contributed by atoms with Gasteiger partial charge in [0.2, 0.25) is 5.91 Å². The van der Waals surface area contributed by atoms with Crippen LogP contribution in [0.2, 0.25) is 0 Å². The number of amides is 1. The van der Waals surface area contributed by atoms with Crippen LogP contribution in [0.15, 0.2) is 24.3 Å². The summed E-state index contributed by atoms with van der Waals surface area (Å²) in [5.41, 5.74) is 2.24. The van der Waals surface area contributed by atoms with Crippen LogP contribution in [0.25, 0.3) is 0 Å². The van der Waals surface area contributed by atoms with Crippen LogP contribution < -0.4 is 5.32 Å². The van der Waals surface area contributed by atoms with E-state index in [-0.39, 0.29) is 11.9 Å². The largest absolute Gasteiger partial charge is 0.373 e. The first-order valence-electron chi connectivity index (χ1n) is 6.61. The van der Waals surface area contributed by atoms with Crippen molar-refractivity contribution in [3.05, 3.63) is 41.5 Å².